The second kappa shape index (κ2) is 10.8. The molecule has 4 heterocycles. The SMILES string of the molecule is CCCc1ccc(=O)n(Cc2c(-c3ccc(N4C[C@@H](CC(=O)O)CC(F)(F)C4)c(CC)n3)nnn2C)c1. The van der Waals surface area contributed by atoms with Crippen molar-refractivity contribution in [2.75, 3.05) is 18.0 Å². The molecule has 4 rings (SSSR count). The first-order valence-electron chi connectivity index (χ1n) is 12.5. The van der Waals surface area contributed by atoms with Gasteiger partial charge in [-0.05, 0) is 36.5 Å². The third-order valence-corrected chi connectivity index (χ3v) is 6.67. The normalized spacial score (nSPS) is 17.2. The van der Waals surface area contributed by atoms with Crippen molar-refractivity contribution in [2.24, 2.45) is 13.0 Å². The van der Waals surface area contributed by atoms with Crippen molar-refractivity contribution >= 4 is 11.7 Å². The molecule has 3 aromatic heterocycles. The maximum atomic E-state index is 14.5. The van der Waals surface area contributed by atoms with Gasteiger partial charge in [0.05, 0.1) is 42.3 Å². The van der Waals surface area contributed by atoms with E-state index in [1.807, 2.05) is 19.2 Å². The summed E-state index contributed by atoms with van der Waals surface area (Å²) in [5.41, 5.74) is 3.86. The van der Waals surface area contributed by atoms with E-state index in [0.717, 1.165) is 18.4 Å². The van der Waals surface area contributed by atoms with Crippen molar-refractivity contribution < 1.29 is 18.7 Å². The predicted octanol–water partition coefficient (Wildman–Crippen LogP) is 3.54. The first-order valence-corrected chi connectivity index (χ1v) is 12.5. The fourth-order valence-electron chi connectivity index (χ4n) is 5.00. The van der Waals surface area contributed by atoms with Crippen LogP contribution in [0.4, 0.5) is 14.5 Å². The number of anilines is 1. The van der Waals surface area contributed by atoms with Crippen LogP contribution in [0.15, 0.2) is 35.3 Å². The Hall–Kier alpha value is -3.63. The Morgan fingerprint density at radius 2 is 2.00 bits per heavy atom. The van der Waals surface area contributed by atoms with E-state index >= 15 is 0 Å². The number of piperidine rings is 1. The first kappa shape index (κ1) is 26.4. The lowest BCUT2D eigenvalue weighted by Crippen LogP contribution is -2.48. The summed E-state index contributed by atoms with van der Waals surface area (Å²) < 4.78 is 32.2. The molecule has 0 unspecified atom stereocenters. The number of aliphatic carboxylic acids is 1. The molecule has 37 heavy (non-hydrogen) atoms. The molecule has 1 aliphatic heterocycles. The number of halogens is 2. The molecule has 0 spiro atoms. The zero-order valence-electron chi connectivity index (χ0n) is 21.3. The Labute approximate surface area is 213 Å². The summed E-state index contributed by atoms with van der Waals surface area (Å²) in [6, 6.07) is 6.86. The molecule has 1 atom stereocenters. The molecule has 11 heteroatoms. The summed E-state index contributed by atoms with van der Waals surface area (Å²) in [6.45, 7) is 3.97. The average Bonchev–Trinajstić information content (AvgIpc) is 3.19. The van der Waals surface area contributed by atoms with E-state index in [2.05, 4.69) is 17.2 Å². The highest BCUT2D eigenvalue weighted by molar-refractivity contribution is 5.67. The highest BCUT2D eigenvalue weighted by Gasteiger charge is 2.41. The molecule has 198 valence electrons. The van der Waals surface area contributed by atoms with Gasteiger partial charge in [-0.3, -0.25) is 9.59 Å². The maximum absolute atomic E-state index is 14.5. The Morgan fingerprint density at radius 1 is 1.22 bits per heavy atom. The van der Waals surface area contributed by atoms with Gasteiger partial charge in [-0.1, -0.05) is 31.5 Å². The van der Waals surface area contributed by atoms with Crippen LogP contribution in [-0.2, 0) is 31.2 Å². The summed E-state index contributed by atoms with van der Waals surface area (Å²) in [5.74, 6) is -4.72. The molecule has 0 amide bonds. The Morgan fingerprint density at radius 3 is 2.70 bits per heavy atom. The summed E-state index contributed by atoms with van der Waals surface area (Å²) in [6.07, 6.45) is 3.42. The lowest BCUT2D eigenvalue weighted by Gasteiger charge is -2.39. The second-order valence-corrected chi connectivity index (χ2v) is 9.68. The van der Waals surface area contributed by atoms with Crippen LogP contribution in [0.3, 0.4) is 0 Å². The van der Waals surface area contributed by atoms with E-state index in [-0.39, 0.29) is 25.1 Å². The van der Waals surface area contributed by atoms with Crippen LogP contribution < -0.4 is 10.5 Å². The Balaban J connectivity index is 1.66. The van der Waals surface area contributed by atoms with Gasteiger partial charge in [-0.2, -0.15) is 0 Å². The second-order valence-electron chi connectivity index (χ2n) is 9.68. The van der Waals surface area contributed by atoms with Crippen LogP contribution in [0.5, 0.6) is 0 Å². The van der Waals surface area contributed by atoms with Crippen molar-refractivity contribution in [3.63, 3.8) is 0 Å². The third-order valence-electron chi connectivity index (χ3n) is 6.67. The zero-order valence-corrected chi connectivity index (χ0v) is 21.3. The lowest BCUT2D eigenvalue weighted by molar-refractivity contribution is -0.139. The van der Waals surface area contributed by atoms with Gasteiger partial charge in [0.2, 0.25) is 0 Å². The minimum absolute atomic E-state index is 0.133. The van der Waals surface area contributed by atoms with Gasteiger partial charge in [0.1, 0.15) is 5.69 Å². The van der Waals surface area contributed by atoms with Crippen molar-refractivity contribution in [3.8, 4) is 11.4 Å². The van der Waals surface area contributed by atoms with Crippen LogP contribution in [-0.4, -0.2) is 54.6 Å². The molecule has 0 aromatic carbocycles. The summed E-state index contributed by atoms with van der Waals surface area (Å²) in [7, 11) is 1.75. The quantitative estimate of drug-likeness (QED) is 0.466. The molecule has 0 bridgehead atoms. The van der Waals surface area contributed by atoms with Crippen molar-refractivity contribution in [2.45, 2.75) is 58.4 Å². The highest BCUT2D eigenvalue weighted by Crippen LogP contribution is 2.36. The fourth-order valence-corrected chi connectivity index (χ4v) is 5.00. The van der Waals surface area contributed by atoms with E-state index in [1.54, 1.807) is 39.4 Å². The molecule has 1 aliphatic rings. The van der Waals surface area contributed by atoms with Crippen molar-refractivity contribution in [1.82, 2.24) is 24.5 Å². The van der Waals surface area contributed by atoms with Gasteiger partial charge in [0.25, 0.3) is 11.5 Å². The number of nitrogens with zero attached hydrogens (tertiary/aromatic N) is 6. The van der Waals surface area contributed by atoms with Gasteiger partial charge in [-0.25, -0.2) is 18.4 Å². The molecular formula is C26H32F2N6O3. The molecule has 0 aliphatic carbocycles. The van der Waals surface area contributed by atoms with E-state index in [4.69, 9.17) is 10.1 Å². The molecule has 9 nitrogen and oxygen atoms in total. The standard InChI is InChI=1S/C26H32F2N6O3/c1-4-6-17-7-10-23(35)33(13-17)15-22-25(30-31-32(22)3)20-8-9-21(19(5-2)29-20)34-14-18(11-24(36)37)12-26(27,28)16-34/h7-10,13,18H,4-6,11-12,14-16H2,1-3H3,(H,36,37)/t18-/m0/s1. The molecule has 1 saturated heterocycles. The number of aromatic nitrogens is 5. The third kappa shape index (κ3) is 6.03. The minimum Gasteiger partial charge on any atom is -0.481 e. The number of rotatable bonds is 9. The van der Waals surface area contributed by atoms with Gasteiger partial charge in [-0.15, -0.1) is 5.10 Å². The van der Waals surface area contributed by atoms with Gasteiger partial charge < -0.3 is 14.6 Å². The Kier molecular flexibility index (Phi) is 7.70. The van der Waals surface area contributed by atoms with Gasteiger partial charge in [0.15, 0.2) is 0 Å². The molecule has 3 aromatic rings. The van der Waals surface area contributed by atoms with E-state index in [1.165, 1.54) is 0 Å². The number of hydrogen-bond acceptors (Lipinski definition) is 6. The Bertz CT molecular complexity index is 1340. The summed E-state index contributed by atoms with van der Waals surface area (Å²) >= 11 is 0. The van der Waals surface area contributed by atoms with E-state index in [0.29, 0.717) is 34.9 Å². The lowest BCUT2D eigenvalue weighted by atomic mass is 9.91. The minimum atomic E-state index is -2.99. The number of alkyl halides is 2. The molecular weight excluding hydrogens is 482 g/mol. The van der Waals surface area contributed by atoms with Crippen LogP contribution in [0, 0.1) is 5.92 Å². The van der Waals surface area contributed by atoms with Crippen LogP contribution in [0.25, 0.3) is 11.4 Å². The maximum Gasteiger partial charge on any atom is 0.303 e. The number of carboxylic acid groups (broad SMARTS) is 1. The van der Waals surface area contributed by atoms with Crippen molar-refractivity contribution in [1.29, 1.82) is 0 Å². The molecule has 1 N–H and O–H groups in total. The van der Waals surface area contributed by atoms with Crippen LogP contribution in [0.1, 0.15) is 50.1 Å². The van der Waals surface area contributed by atoms with Crippen LogP contribution in [0.2, 0.25) is 0 Å². The number of aryl methyl sites for hydroxylation is 3. The molecule has 1 fully saturated rings. The van der Waals surface area contributed by atoms with Gasteiger partial charge in [0, 0.05) is 32.3 Å². The summed E-state index contributed by atoms with van der Waals surface area (Å²) in [4.78, 5) is 30.0. The number of pyridine rings is 2. The van der Waals surface area contributed by atoms with E-state index in [9.17, 15) is 18.4 Å². The average molecular weight is 515 g/mol. The predicted molar refractivity (Wildman–Crippen MR) is 135 cm³/mol. The molecule has 0 radical (unpaired) electrons. The largest absolute Gasteiger partial charge is 0.481 e. The monoisotopic (exact) mass is 514 g/mol. The fraction of sp³-hybridized carbons (Fsp3) is 0.500. The van der Waals surface area contributed by atoms with Gasteiger partial charge >= 0.3 is 5.97 Å². The van der Waals surface area contributed by atoms with Crippen molar-refractivity contribution in [3.05, 3.63) is 57.8 Å². The smallest absolute Gasteiger partial charge is 0.303 e. The molecule has 0 saturated carbocycles. The van der Waals surface area contributed by atoms with E-state index < -0.39 is 30.8 Å². The zero-order chi connectivity index (χ0) is 26.7. The summed E-state index contributed by atoms with van der Waals surface area (Å²) in [5, 5.41) is 17.6. The number of carboxylic acids is 1. The number of hydrogen-bond donors (Lipinski definition) is 1. The first-order chi connectivity index (χ1) is 17.6. The number of carbonyl (C=O) groups is 1. The van der Waals surface area contributed by atoms with Crippen LogP contribution >= 0.6 is 0 Å². The highest BCUT2D eigenvalue weighted by atomic mass is 19.3. The topological polar surface area (TPSA) is 106 Å².